The van der Waals surface area contributed by atoms with Crippen molar-refractivity contribution in [1.29, 1.82) is 0 Å². The minimum absolute atomic E-state index is 0.127. The number of benzene rings is 1. The molecule has 2 heterocycles. The summed E-state index contributed by atoms with van der Waals surface area (Å²) < 4.78 is 0. The molecule has 5 heteroatoms. The predicted octanol–water partition coefficient (Wildman–Crippen LogP) is 1.20. The molecule has 1 fully saturated rings. The summed E-state index contributed by atoms with van der Waals surface area (Å²) >= 11 is 0. The number of rotatable bonds is 2. The summed E-state index contributed by atoms with van der Waals surface area (Å²) in [6.07, 6.45) is 0.00177. The van der Waals surface area contributed by atoms with Crippen LogP contribution in [-0.4, -0.2) is 34.7 Å². The summed E-state index contributed by atoms with van der Waals surface area (Å²) in [5.41, 5.74) is 2.41. The summed E-state index contributed by atoms with van der Waals surface area (Å²) in [6.45, 7) is 2.39. The Labute approximate surface area is 117 Å². The lowest BCUT2D eigenvalue weighted by Gasteiger charge is -2.12. The molecule has 1 aliphatic heterocycles. The number of nitrogens with one attached hydrogen (secondary N) is 2. The largest absolute Gasteiger partial charge is 0.392 e. The minimum Gasteiger partial charge on any atom is -0.392 e. The molecule has 2 atom stereocenters. The van der Waals surface area contributed by atoms with Crippen LogP contribution in [0.1, 0.15) is 12.1 Å². The average molecular weight is 271 g/mol. The maximum Gasteiger partial charge on any atom is 0.241 e. The number of aryl methyl sites for hydroxylation is 1. The van der Waals surface area contributed by atoms with Crippen LogP contribution in [0.4, 0.5) is 5.69 Å². The van der Waals surface area contributed by atoms with E-state index in [1.807, 2.05) is 37.3 Å². The number of carbonyl (C=O) groups excluding carboxylic acids is 1. The number of para-hydroxylation sites is 1. The monoisotopic (exact) mass is 271 g/mol. The first-order valence-corrected chi connectivity index (χ1v) is 6.72. The Balaban J connectivity index is 1.87. The van der Waals surface area contributed by atoms with Crippen molar-refractivity contribution < 1.29 is 9.90 Å². The third-order valence-electron chi connectivity index (χ3n) is 3.54. The van der Waals surface area contributed by atoms with Gasteiger partial charge in [0.05, 0.1) is 23.3 Å². The molecule has 1 saturated heterocycles. The van der Waals surface area contributed by atoms with E-state index in [1.165, 1.54) is 0 Å². The van der Waals surface area contributed by atoms with E-state index < -0.39 is 6.10 Å². The van der Waals surface area contributed by atoms with Gasteiger partial charge in [-0.1, -0.05) is 18.2 Å². The fourth-order valence-corrected chi connectivity index (χ4v) is 2.48. The zero-order valence-corrected chi connectivity index (χ0v) is 11.3. The van der Waals surface area contributed by atoms with Crippen LogP contribution in [0.5, 0.6) is 0 Å². The first-order chi connectivity index (χ1) is 9.63. The van der Waals surface area contributed by atoms with Crippen LogP contribution in [-0.2, 0) is 4.79 Å². The molecule has 0 aliphatic carbocycles. The molecule has 1 amide bonds. The number of aliphatic hydroxyl groups excluding tert-OH is 1. The third kappa shape index (κ3) is 2.50. The Bertz CT molecular complexity index is 657. The maximum absolute atomic E-state index is 12.2. The maximum atomic E-state index is 12.2. The van der Waals surface area contributed by atoms with Crippen molar-refractivity contribution in [2.75, 3.05) is 11.9 Å². The standard InChI is InChI=1S/C15H17N3O2/c1-9-5-6-10-3-2-4-12(14(10)17-9)18-15(20)13-7-11(19)8-16-13/h2-6,11,13,16,19H,7-8H2,1H3,(H,18,20). The number of hydrogen-bond donors (Lipinski definition) is 3. The van der Waals surface area contributed by atoms with Crippen LogP contribution < -0.4 is 10.6 Å². The Hall–Kier alpha value is -1.98. The molecule has 104 valence electrons. The fourth-order valence-electron chi connectivity index (χ4n) is 2.48. The molecular formula is C15H17N3O2. The number of β-amino-alcohol motifs (C(OH)–C–C–N with tert-alkyl or cyclic N) is 1. The molecule has 0 saturated carbocycles. The lowest BCUT2D eigenvalue weighted by Crippen LogP contribution is -2.35. The first kappa shape index (κ1) is 13.0. The highest BCUT2D eigenvalue weighted by molar-refractivity contribution is 6.02. The van der Waals surface area contributed by atoms with Crippen LogP contribution in [0.15, 0.2) is 30.3 Å². The van der Waals surface area contributed by atoms with Gasteiger partial charge in [-0.15, -0.1) is 0 Å². The van der Waals surface area contributed by atoms with E-state index in [9.17, 15) is 9.90 Å². The van der Waals surface area contributed by atoms with Crippen molar-refractivity contribution in [1.82, 2.24) is 10.3 Å². The van der Waals surface area contributed by atoms with Crippen LogP contribution in [0.2, 0.25) is 0 Å². The van der Waals surface area contributed by atoms with Gasteiger partial charge in [-0.25, -0.2) is 0 Å². The summed E-state index contributed by atoms with van der Waals surface area (Å²) in [4.78, 5) is 16.7. The number of nitrogens with zero attached hydrogens (tertiary/aromatic N) is 1. The number of aromatic nitrogens is 1. The molecule has 0 spiro atoms. The summed E-state index contributed by atoms with van der Waals surface area (Å²) in [5.74, 6) is -0.127. The quantitative estimate of drug-likeness (QED) is 0.767. The number of amides is 1. The van der Waals surface area contributed by atoms with E-state index in [4.69, 9.17) is 0 Å². The lowest BCUT2D eigenvalue weighted by atomic mass is 10.1. The molecule has 3 rings (SSSR count). The number of aliphatic hydroxyl groups is 1. The van der Waals surface area contributed by atoms with Gasteiger partial charge in [-0.2, -0.15) is 0 Å². The van der Waals surface area contributed by atoms with E-state index >= 15 is 0 Å². The van der Waals surface area contributed by atoms with Crippen molar-refractivity contribution in [2.45, 2.75) is 25.5 Å². The van der Waals surface area contributed by atoms with E-state index in [0.717, 1.165) is 16.6 Å². The number of anilines is 1. The van der Waals surface area contributed by atoms with Gasteiger partial charge in [0.25, 0.3) is 0 Å². The van der Waals surface area contributed by atoms with E-state index in [1.54, 1.807) is 0 Å². The highest BCUT2D eigenvalue weighted by Crippen LogP contribution is 2.22. The van der Waals surface area contributed by atoms with E-state index in [0.29, 0.717) is 18.7 Å². The lowest BCUT2D eigenvalue weighted by molar-refractivity contribution is -0.117. The van der Waals surface area contributed by atoms with Gasteiger partial charge >= 0.3 is 0 Å². The smallest absolute Gasteiger partial charge is 0.241 e. The molecule has 5 nitrogen and oxygen atoms in total. The SMILES string of the molecule is Cc1ccc2cccc(NC(=O)C3CC(O)CN3)c2n1. The van der Waals surface area contributed by atoms with Crippen molar-refractivity contribution >= 4 is 22.5 Å². The molecule has 2 aromatic rings. The zero-order chi connectivity index (χ0) is 14.1. The molecule has 0 radical (unpaired) electrons. The van der Waals surface area contributed by atoms with Crippen LogP contribution in [0.3, 0.4) is 0 Å². The van der Waals surface area contributed by atoms with Gasteiger partial charge in [-0.05, 0) is 25.5 Å². The molecule has 3 N–H and O–H groups in total. The van der Waals surface area contributed by atoms with Gasteiger partial charge in [0, 0.05) is 17.6 Å². The van der Waals surface area contributed by atoms with Crippen molar-refractivity contribution in [3.63, 3.8) is 0 Å². The normalized spacial score (nSPS) is 22.1. The highest BCUT2D eigenvalue weighted by Gasteiger charge is 2.28. The van der Waals surface area contributed by atoms with Gasteiger partial charge in [0.1, 0.15) is 0 Å². The molecule has 1 aromatic heterocycles. The number of hydrogen-bond acceptors (Lipinski definition) is 4. The Morgan fingerprint density at radius 2 is 2.25 bits per heavy atom. The van der Waals surface area contributed by atoms with Gasteiger partial charge < -0.3 is 15.7 Å². The van der Waals surface area contributed by atoms with Crippen molar-refractivity contribution in [3.8, 4) is 0 Å². The molecule has 1 aliphatic rings. The second-order valence-corrected chi connectivity index (χ2v) is 5.17. The molecular weight excluding hydrogens is 254 g/mol. The van der Waals surface area contributed by atoms with Crippen LogP contribution in [0.25, 0.3) is 10.9 Å². The fraction of sp³-hybridized carbons (Fsp3) is 0.333. The van der Waals surface area contributed by atoms with Gasteiger partial charge in [-0.3, -0.25) is 9.78 Å². The molecule has 1 aromatic carbocycles. The second kappa shape index (κ2) is 5.19. The third-order valence-corrected chi connectivity index (χ3v) is 3.54. The summed E-state index contributed by atoms with van der Waals surface area (Å²) in [5, 5.41) is 16.4. The minimum atomic E-state index is -0.446. The van der Waals surface area contributed by atoms with Crippen molar-refractivity contribution in [3.05, 3.63) is 36.0 Å². The van der Waals surface area contributed by atoms with Crippen LogP contribution in [0, 0.1) is 6.92 Å². The van der Waals surface area contributed by atoms with Crippen LogP contribution >= 0.6 is 0 Å². The Kier molecular flexibility index (Phi) is 3.38. The zero-order valence-electron chi connectivity index (χ0n) is 11.3. The highest BCUT2D eigenvalue weighted by atomic mass is 16.3. The first-order valence-electron chi connectivity index (χ1n) is 6.72. The molecule has 2 unspecified atom stereocenters. The molecule has 0 bridgehead atoms. The Morgan fingerprint density at radius 1 is 1.40 bits per heavy atom. The van der Waals surface area contributed by atoms with Gasteiger partial charge in [0.15, 0.2) is 0 Å². The number of pyridine rings is 1. The van der Waals surface area contributed by atoms with E-state index in [2.05, 4.69) is 15.6 Å². The summed E-state index contributed by atoms with van der Waals surface area (Å²) in [6, 6.07) is 9.30. The van der Waals surface area contributed by atoms with Gasteiger partial charge in [0.2, 0.25) is 5.91 Å². The van der Waals surface area contributed by atoms with Crippen molar-refractivity contribution in [2.24, 2.45) is 0 Å². The summed E-state index contributed by atoms with van der Waals surface area (Å²) in [7, 11) is 0. The topological polar surface area (TPSA) is 74.2 Å². The predicted molar refractivity (Wildman–Crippen MR) is 77.5 cm³/mol. The Morgan fingerprint density at radius 3 is 3.00 bits per heavy atom. The second-order valence-electron chi connectivity index (χ2n) is 5.17. The average Bonchev–Trinajstić information content (AvgIpc) is 2.86. The van der Waals surface area contributed by atoms with E-state index in [-0.39, 0.29) is 11.9 Å². The number of fused-ring (bicyclic) bond motifs is 1. The molecule has 20 heavy (non-hydrogen) atoms. The number of carbonyl (C=O) groups is 1.